The van der Waals surface area contributed by atoms with Crippen molar-refractivity contribution in [1.82, 2.24) is 10.6 Å². The predicted octanol–water partition coefficient (Wildman–Crippen LogP) is 0.231. The maximum absolute atomic E-state index is 11.0. The molecule has 5 heteroatoms. The van der Waals surface area contributed by atoms with Gasteiger partial charge >= 0.3 is 0 Å². The van der Waals surface area contributed by atoms with Crippen LogP contribution < -0.4 is 10.6 Å². The monoisotopic (exact) mass is 268 g/mol. The molecule has 0 saturated carbocycles. The van der Waals surface area contributed by atoms with E-state index in [0.717, 1.165) is 0 Å². The summed E-state index contributed by atoms with van der Waals surface area (Å²) in [6.45, 7) is 5.69. The molecule has 2 N–H and O–H groups in total. The quantitative estimate of drug-likeness (QED) is 0.618. The van der Waals surface area contributed by atoms with Gasteiger partial charge in [0, 0.05) is 32.7 Å². The van der Waals surface area contributed by atoms with Crippen molar-refractivity contribution in [2.45, 2.75) is 20.8 Å². The molecule has 2 aliphatic heterocycles. The molecule has 14 heavy (non-hydrogen) atoms. The van der Waals surface area contributed by atoms with Gasteiger partial charge in [0.25, 0.3) is 0 Å². The Balaban J connectivity index is 0.000000531. The summed E-state index contributed by atoms with van der Waals surface area (Å²) >= 11 is 0. The second-order valence-electron chi connectivity index (χ2n) is 2.41. The van der Waals surface area contributed by atoms with Crippen LogP contribution in [0.15, 0.2) is 16.8 Å². The zero-order chi connectivity index (χ0) is 10.0. The average Bonchev–Trinajstić information content (AvgIpc) is 2.61. The molecule has 0 aromatic rings. The first-order valence-corrected chi connectivity index (χ1v) is 4.16. The van der Waals surface area contributed by atoms with Crippen LogP contribution in [0.5, 0.6) is 0 Å². The summed E-state index contributed by atoms with van der Waals surface area (Å²) in [5.41, 5.74) is 1.36. The third-order valence-corrected chi connectivity index (χ3v) is 1.68. The Morgan fingerprint density at radius 3 is 2.21 bits per heavy atom. The van der Waals surface area contributed by atoms with Gasteiger partial charge < -0.3 is 20.2 Å². The summed E-state index contributed by atoms with van der Waals surface area (Å²) in [4.78, 5) is 21.9. The topological polar surface area (TPSA) is 58.2 Å². The van der Waals surface area contributed by atoms with Crippen molar-refractivity contribution in [2.24, 2.45) is 0 Å². The van der Waals surface area contributed by atoms with E-state index in [2.05, 4.69) is 16.8 Å². The number of carbonyl (C=O) groups excluding carboxylic acids is 2. The van der Waals surface area contributed by atoms with E-state index in [1.807, 2.05) is 13.8 Å². The fourth-order valence-electron chi connectivity index (χ4n) is 1.18. The van der Waals surface area contributed by atoms with E-state index in [-0.39, 0.29) is 44.5 Å². The Bertz CT molecular complexity index is 332. The van der Waals surface area contributed by atoms with Gasteiger partial charge in [-0.05, 0) is 12.6 Å². The van der Waals surface area contributed by atoms with Gasteiger partial charge in [0.2, 0.25) is 0 Å². The predicted molar refractivity (Wildman–Crippen MR) is 47.1 cm³/mol. The van der Waals surface area contributed by atoms with E-state index >= 15 is 0 Å². The van der Waals surface area contributed by atoms with E-state index in [0.29, 0.717) is 16.8 Å². The minimum Gasteiger partial charge on any atom is -0.414 e. The molecule has 0 atom stereocenters. The van der Waals surface area contributed by atoms with Crippen LogP contribution in [-0.4, -0.2) is 11.8 Å². The van der Waals surface area contributed by atoms with Gasteiger partial charge in [-0.25, -0.2) is 0 Å². The number of allylic oxidation sites excluding steroid dienone is 1. The van der Waals surface area contributed by atoms with Gasteiger partial charge in [-0.1, -0.05) is 31.2 Å². The first kappa shape index (κ1) is 13.5. The summed E-state index contributed by atoms with van der Waals surface area (Å²) < 4.78 is 0. The molecule has 2 rings (SSSR count). The number of carbonyl (C=O) groups is 2. The summed E-state index contributed by atoms with van der Waals surface area (Å²) in [6, 6.07) is 0. The largest absolute Gasteiger partial charge is 0.414 e. The number of hydrogen-bond acceptors (Lipinski definition) is 2. The van der Waals surface area contributed by atoms with Crippen molar-refractivity contribution in [3.05, 3.63) is 23.0 Å². The molecule has 0 unspecified atom stereocenters. The fraction of sp³-hybridized carbons (Fsp3) is 0.333. The fourth-order valence-corrected chi connectivity index (χ4v) is 1.18. The van der Waals surface area contributed by atoms with E-state index in [9.17, 15) is 9.59 Å². The normalized spacial score (nSPS) is 17.2. The van der Waals surface area contributed by atoms with Gasteiger partial charge in [-0.15, -0.1) is 0 Å². The van der Waals surface area contributed by atoms with Crippen LogP contribution in [0.3, 0.4) is 0 Å². The van der Waals surface area contributed by atoms with Crippen LogP contribution in [0, 0.1) is 6.20 Å². The average molecular weight is 268 g/mol. The van der Waals surface area contributed by atoms with Crippen molar-refractivity contribution < 1.29 is 42.3 Å². The van der Waals surface area contributed by atoms with Crippen molar-refractivity contribution in [3.63, 3.8) is 0 Å². The van der Waals surface area contributed by atoms with E-state index in [1.165, 1.54) is 0 Å². The Labute approximate surface area is 108 Å². The summed E-state index contributed by atoms with van der Waals surface area (Å²) in [5, 5.41) is 4.87. The van der Waals surface area contributed by atoms with Crippen molar-refractivity contribution >= 4 is 11.8 Å². The molecule has 0 saturated heterocycles. The van der Waals surface area contributed by atoms with Crippen molar-refractivity contribution in [1.29, 1.82) is 0 Å². The maximum Gasteiger partial charge on any atom is 0.170 e. The molecule has 0 bridgehead atoms. The molecular formula is C9H11N2O2Y-. The van der Waals surface area contributed by atoms with Gasteiger partial charge in [-0.2, -0.15) is 0 Å². The van der Waals surface area contributed by atoms with Crippen molar-refractivity contribution in [3.8, 4) is 0 Å². The molecule has 0 fully saturated rings. The number of hydrogen-bond donors (Lipinski definition) is 2. The van der Waals surface area contributed by atoms with Gasteiger partial charge in [0.05, 0.1) is 0 Å². The third kappa shape index (κ3) is 2.12. The zero-order valence-corrected chi connectivity index (χ0v) is 11.2. The molecule has 0 aliphatic carbocycles. The number of rotatable bonds is 0. The maximum atomic E-state index is 11.0. The van der Waals surface area contributed by atoms with Crippen LogP contribution >= 0.6 is 0 Å². The first-order valence-electron chi connectivity index (χ1n) is 4.16. The Hall–Kier alpha value is -0.476. The van der Waals surface area contributed by atoms with E-state index in [1.54, 1.807) is 6.92 Å². The molecule has 0 aromatic carbocycles. The molecule has 73 valence electrons. The van der Waals surface area contributed by atoms with Crippen LogP contribution in [0.25, 0.3) is 0 Å². The van der Waals surface area contributed by atoms with Crippen molar-refractivity contribution in [2.75, 3.05) is 0 Å². The minimum absolute atomic E-state index is 0. The zero-order valence-electron chi connectivity index (χ0n) is 8.39. The molecule has 2 aliphatic rings. The molecular weight excluding hydrogens is 257 g/mol. The second kappa shape index (κ2) is 5.42. The summed E-state index contributed by atoms with van der Waals surface area (Å²) in [6.07, 6.45) is 2.50. The first-order chi connectivity index (χ1) is 6.20. The Kier molecular flexibility index (Phi) is 5.23. The van der Waals surface area contributed by atoms with Crippen LogP contribution in [-0.2, 0) is 42.3 Å². The SMILES string of the molecule is CC.CC1=C2C(=O)N[C-]=C2C(=O)N1.[Y]. The second-order valence-corrected chi connectivity index (χ2v) is 2.41. The molecule has 0 aromatic heterocycles. The summed E-state index contributed by atoms with van der Waals surface area (Å²) in [7, 11) is 0. The van der Waals surface area contributed by atoms with Crippen LogP contribution in [0.1, 0.15) is 20.8 Å². The Morgan fingerprint density at radius 1 is 1.14 bits per heavy atom. The van der Waals surface area contributed by atoms with E-state index < -0.39 is 0 Å². The minimum atomic E-state index is -0.254. The molecule has 0 spiro atoms. The smallest absolute Gasteiger partial charge is 0.170 e. The Morgan fingerprint density at radius 2 is 1.71 bits per heavy atom. The van der Waals surface area contributed by atoms with Crippen LogP contribution in [0.4, 0.5) is 0 Å². The van der Waals surface area contributed by atoms with Gasteiger partial charge in [-0.3, -0.25) is 0 Å². The molecule has 1 radical (unpaired) electrons. The number of fused-ring (bicyclic) bond motifs is 1. The molecule has 2 amide bonds. The van der Waals surface area contributed by atoms with Gasteiger partial charge in [0.15, 0.2) is 5.91 Å². The standard InChI is InChI=1S/C7H5N2O2.C2H6.Y/c1-3-5-4(6(10)9-3)2-8-7(5)11;1-2;/h1H3,(H,8,11)(H,9,10);1-2H3;/q-1;;. The third-order valence-electron chi connectivity index (χ3n) is 1.68. The number of amides is 2. The van der Waals surface area contributed by atoms with Crippen LogP contribution in [0.2, 0.25) is 0 Å². The molecule has 2 heterocycles. The molecule has 4 nitrogen and oxygen atoms in total. The van der Waals surface area contributed by atoms with E-state index in [4.69, 9.17) is 0 Å². The summed E-state index contributed by atoms with van der Waals surface area (Å²) in [5.74, 6) is -0.508. The number of nitrogens with one attached hydrogen (secondary N) is 2. The van der Waals surface area contributed by atoms with Gasteiger partial charge in [0.1, 0.15) is 5.91 Å².